The van der Waals surface area contributed by atoms with Crippen LogP contribution in [0.25, 0.3) is 12.2 Å². The van der Waals surface area contributed by atoms with Crippen molar-refractivity contribution < 1.29 is 25.2 Å². The van der Waals surface area contributed by atoms with Crippen LogP contribution in [0.5, 0.6) is 0 Å². The molecular formula is C36H47N4O4+. The lowest BCUT2D eigenvalue weighted by Gasteiger charge is -2.33. The molecule has 1 unspecified atom stereocenters. The van der Waals surface area contributed by atoms with E-state index in [9.17, 15) is 14.7 Å². The van der Waals surface area contributed by atoms with Crippen molar-refractivity contribution in [3.05, 3.63) is 95.1 Å². The zero-order valence-electron chi connectivity index (χ0n) is 26.4. The van der Waals surface area contributed by atoms with Gasteiger partial charge in [-0.1, -0.05) is 68.5 Å². The van der Waals surface area contributed by atoms with Gasteiger partial charge < -0.3 is 31.1 Å². The first-order chi connectivity index (χ1) is 20.9. The molecular weight excluding hydrogens is 552 g/mol. The topological polar surface area (TPSA) is 119 Å². The summed E-state index contributed by atoms with van der Waals surface area (Å²) >= 11 is 0. The van der Waals surface area contributed by atoms with Crippen molar-refractivity contribution in [3.8, 4) is 0 Å². The molecule has 3 aromatic carbocycles. The molecule has 2 amide bonds. The number of benzene rings is 3. The van der Waals surface area contributed by atoms with E-state index in [0.29, 0.717) is 51.1 Å². The number of aliphatic hydroxyl groups excluding tert-OH is 1. The largest absolute Gasteiger partial charge is 0.375 e. The SMILES string of the molecule is CC(C)(CCNC(=O)c1ccc([NH3+])cc1)OCCC(C)(C)C(=O)NCCC(O)N1Cc2ccccc2/C=C\c2ccccc21. The van der Waals surface area contributed by atoms with E-state index < -0.39 is 17.2 Å². The van der Waals surface area contributed by atoms with Crippen LogP contribution >= 0.6 is 0 Å². The second-order valence-electron chi connectivity index (χ2n) is 12.7. The van der Waals surface area contributed by atoms with Crippen LogP contribution in [0.1, 0.15) is 74.0 Å². The van der Waals surface area contributed by atoms with Gasteiger partial charge in [0.1, 0.15) is 11.9 Å². The van der Waals surface area contributed by atoms with Gasteiger partial charge in [-0.25, -0.2) is 0 Å². The normalized spacial score (nSPS) is 14.5. The number of aliphatic hydroxyl groups is 1. The second kappa shape index (κ2) is 14.7. The van der Waals surface area contributed by atoms with Crippen molar-refractivity contribution in [2.75, 3.05) is 24.6 Å². The first-order valence-corrected chi connectivity index (χ1v) is 15.4. The maximum Gasteiger partial charge on any atom is 0.251 e. The van der Waals surface area contributed by atoms with Gasteiger partial charge in [0.05, 0.1) is 5.60 Å². The van der Waals surface area contributed by atoms with Gasteiger partial charge in [0.2, 0.25) is 5.91 Å². The molecule has 1 aliphatic heterocycles. The predicted molar refractivity (Wildman–Crippen MR) is 176 cm³/mol. The summed E-state index contributed by atoms with van der Waals surface area (Å²) in [6.45, 7) is 9.60. The summed E-state index contributed by atoms with van der Waals surface area (Å²) in [5.74, 6) is -0.200. The highest BCUT2D eigenvalue weighted by Crippen LogP contribution is 2.30. The molecule has 4 rings (SSSR count). The Kier molecular flexibility index (Phi) is 11.0. The van der Waals surface area contributed by atoms with Crippen LogP contribution in [0.4, 0.5) is 11.4 Å². The lowest BCUT2D eigenvalue weighted by Crippen LogP contribution is -2.42. The third-order valence-electron chi connectivity index (χ3n) is 8.20. The Morgan fingerprint density at radius 2 is 1.55 bits per heavy atom. The van der Waals surface area contributed by atoms with Crippen LogP contribution in [0.3, 0.4) is 0 Å². The number of carbonyl (C=O) groups excluding carboxylic acids is 2. The zero-order valence-corrected chi connectivity index (χ0v) is 26.4. The highest BCUT2D eigenvalue weighted by Gasteiger charge is 2.29. The number of nitrogens with one attached hydrogen (secondary N) is 2. The molecule has 3 aromatic rings. The summed E-state index contributed by atoms with van der Waals surface area (Å²) in [7, 11) is 0. The fraction of sp³-hybridized carbons (Fsp3) is 0.389. The van der Waals surface area contributed by atoms with Gasteiger partial charge in [-0.2, -0.15) is 0 Å². The van der Waals surface area contributed by atoms with Crippen molar-refractivity contribution in [2.45, 2.75) is 65.3 Å². The van der Waals surface area contributed by atoms with E-state index >= 15 is 0 Å². The Hall–Kier alpha value is -3.98. The minimum atomic E-state index is -0.772. The van der Waals surface area contributed by atoms with E-state index in [2.05, 4.69) is 40.7 Å². The highest BCUT2D eigenvalue weighted by atomic mass is 16.5. The minimum absolute atomic E-state index is 0.0759. The number of fused-ring (bicyclic) bond motifs is 2. The summed E-state index contributed by atoms with van der Waals surface area (Å²) < 4.78 is 6.13. The Labute approximate surface area is 261 Å². The fourth-order valence-corrected chi connectivity index (χ4v) is 5.16. The number of ether oxygens (including phenoxy) is 1. The maximum atomic E-state index is 13.1. The Balaban J connectivity index is 1.22. The molecule has 6 N–H and O–H groups in total. The fourth-order valence-electron chi connectivity index (χ4n) is 5.16. The summed E-state index contributed by atoms with van der Waals surface area (Å²) in [6.07, 6.45) is 4.99. The molecule has 0 radical (unpaired) electrons. The Morgan fingerprint density at radius 3 is 2.30 bits per heavy atom. The number of para-hydroxylation sites is 1. The van der Waals surface area contributed by atoms with Gasteiger partial charge in [-0.05, 0) is 73.7 Å². The van der Waals surface area contributed by atoms with Crippen molar-refractivity contribution in [3.63, 3.8) is 0 Å². The minimum Gasteiger partial charge on any atom is -0.375 e. The number of rotatable bonds is 13. The first kappa shape index (κ1) is 32.9. The summed E-state index contributed by atoms with van der Waals surface area (Å²) in [6, 6.07) is 23.4. The van der Waals surface area contributed by atoms with Gasteiger partial charge >= 0.3 is 0 Å². The molecule has 8 nitrogen and oxygen atoms in total. The molecule has 0 bridgehead atoms. The molecule has 0 saturated heterocycles. The molecule has 1 aliphatic rings. The van der Waals surface area contributed by atoms with E-state index in [0.717, 1.165) is 28.1 Å². The van der Waals surface area contributed by atoms with Crippen molar-refractivity contribution in [1.82, 2.24) is 10.6 Å². The molecule has 8 heteroatoms. The van der Waals surface area contributed by atoms with E-state index in [4.69, 9.17) is 4.74 Å². The Morgan fingerprint density at radius 1 is 0.886 bits per heavy atom. The van der Waals surface area contributed by atoms with Crippen molar-refractivity contribution in [1.29, 1.82) is 0 Å². The maximum absolute atomic E-state index is 13.1. The number of carbonyl (C=O) groups is 2. The van der Waals surface area contributed by atoms with E-state index in [-0.39, 0.29) is 11.8 Å². The molecule has 0 saturated carbocycles. The molecule has 0 aliphatic carbocycles. The molecule has 0 aromatic heterocycles. The van der Waals surface area contributed by atoms with Crippen molar-refractivity contribution >= 4 is 35.3 Å². The van der Waals surface area contributed by atoms with Gasteiger partial charge in [0.25, 0.3) is 5.91 Å². The van der Waals surface area contributed by atoms with E-state index in [1.54, 1.807) is 12.1 Å². The summed E-state index contributed by atoms with van der Waals surface area (Å²) in [5, 5.41) is 17.3. The van der Waals surface area contributed by atoms with Crippen LogP contribution in [0, 0.1) is 5.41 Å². The molecule has 1 atom stereocenters. The predicted octanol–water partition coefficient (Wildman–Crippen LogP) is 4.91. The number of amides is 2. The molecule has 0 fully saturated rings. The standard InChI is InChI=1S/C36H46N4O4/c1-35(2,21-24-44-36(3,4)20-23-38-33(42)28-15-17-30(37)18-16-28)34(43)39-22-19-32(41)40-25-29-11-6-5-9-26(29)13-14-27-10-7-8-12-31(27)40/h5-18,32,41H,19-25,37H2,1-4H3,(H,38,42)(H,39,43)/p+1/b14-13-. The number of quaternary nitrogens is 1. The molecule has 44 heavy (non-hydrogen) atoms. The van der Waals surface area contributed by atoms with Gasteiger partial charge in [0, 0.05) is 49.3 Å². The molecule has 1 heterocycles. The lowest BCUT2D eigenvalue weighted by atomic mass is 9.88. The third-order valence-corrected chi connectivity index (χ3v) is 8.20. The van der Waals surface area contributed by atoms with Gasteiger partial charge in [-0.15, -0.1) is 0 Å². The zero-order chi connectivity index (χ0) is 31.7. The highest BCUT2D eigenvalue weighted by molar-refractivity contribution is 5.94. The second-order valence-corrected chi connectivity index (χ2v) is 12.7. The summed E-state index contributed by atoms with van der Waals surface area (Å²) in [4.78, 5) is 27.5. The number of hydrogen-bond acceptors (Lipinski definition) is 5. The molecule has 0 spiro atoms. The quantitative estimate of drug-likeness (QED) is 0.223. The monoisotopic (exact) mass is 599 g/mol. The lowest BCUT2D eigenvalue weighted by molar-refractivity contribution is -0.254. The van der Waals surface area contributed by atoms with Crippen LogP contribution < -0.4 is 21.3 Å². The smallest absolute Gasteiger partial charge is 0.251 e. The first-order valence-electron chi connectivity index (χ1n) is 15.4. The van der Waals surface area contributed by atoms with Crippen LogP contribution in [0.2, 0.25) is 0 Å². The van der Waals surface area contributed by atoms with Crippen molar-refractivity contribution in [2.24, 2.45) is 5.41 Å². The number of anilines is 1. The van der Waals surface area contributed by atoms with E-state index in [1.165, 1.54) is 0 Å². The van der Waals surface area contributed by atoms with E-state index in [1.807, 2.05) is 81.1 Å². The van der Waals surface area contributed by atoms with Crippen LogP contribution in [-0.4, -0.2) is 48.4 Å². The number of hydrogen-bond donors (Lipinski definition) is 4. The average molecular weight is 600 g/mol. The molecule has 234 valence electrons. The van der Waals surface area contributed by atoms with Crippen LogP contribution in [-0.2, 0) is 16.1 Å². The average Bonchev–Trinajstić information content (AvgIpc) is 2.98. The van der Waals surface area contributed by atoms with Gasteiger partial charge in [0.15, 0.2) is 0 Å². The third kappa shape index (κ3) is 9.02. The number of nitrogens with zero attached hydrogens (tertiary/aromatic N) is 1. The van der Waals surface area contributed by atoms with Gasteiger partial charge in [-0.3, -0.25) is 9.59 Å². The summed E-state index contributed by atoms with van der Waals surface area (Å²) in [5.41, 5.74) is 8.47. The Bertz CT molecular complexity index is 1450. The van der Waals surface area contributed by atoms with Crippen LogP contribution in [0.15, 0.2) is 72.8 Å².